The monoisotopic (exact) mass is 422 g/mol. The molecule has 8 heteroatoms. The van der Waals surface area contributed by atoms with Crippen LogP contribution in [-0.2, 0) is 10.0 Å². The third-order valence-corrected chi connectivity index (χ3v) is 8.67. The van der Waals surface area contributed by atoms with Crippen LogP contribution in [0.1, 0.15) is 57.8 Å². The maximum atomic E-state index is 13.2. The molecule has 3 heterocycles. The summed E-state index contributed by atoms with van der Waals surface area (Å²) in [6, 6.07) is 3.87. The van der Waals surface area contributed by atoms with E-state index in [-0.39, 0.29) is 18.2 Å². The maximum absolute atomic E-state index is 13.2. The number of likely N-dealkylation sites (tertiary alicyclic amines) is 1. The molecule has 2 atom stereocenters. The summed E-state index contributed by atoms with van der Waals surface area (Å²) < 4.78 is 27.9. The summed E-state index contributed by atoms with van der Waals surface area (Å²) in [7, 11) is -3.51. The lowest BCUT2D eigenvalue weighted by Gasteiger charge is -2.41. The van der Waals surface area contributed by atoms with Crippen molar-refractivity contribution in [2.24, 2.45) is 0 Å². The van der Waals surface area contributed by atoms with Gasteiger partial charge in [-0.15, -0.1) is 0 Å². The zero-order valence-electron chi connectivity index (χ0n) is 17.2. The summed E-state index contributed by atoms with van der Waals surface area (Å²) in [6.07, 6.45) is 10.6. The molecule has 1 saturated carbocycles. The summed E-state index contributed by atoms with van der Waals surface area (Å²) in [5.74, 6) is 0.481. The second-order valence-corrected chi connectivity index (χ2v) is 10.6. The van der Waals surface area contributed by atoms with Gasteiger partial charge in [-0.25, -0.2) is 13.4 Å². The van der Waals surface area contributed by atoms with Crippen LogP contribution in [0.15, 0.2) is 23.2 Å². The lowest BCUT2D eigenvalue weighted by Crippen LogP contribution is -2.50. The predicted octanol–water partition coefficient (Wildman–Crippen LogP) is 2.44. The molecule has 1 aliphatic carbocycles. The van der Waals surface area contributed by atoms with Crippen molar-refractivity contribution in [2.75, 3.05) is 31.5 Å². The van der Waals surface area contributed by atoms with Gasteiger partial charge >= 0.3 is 0 Å². The van der Waals surface area contributed by atoms with E-state index in [1.54, 1.807) is 22.6 Å². The highest BCUT2D eigenvalue weighted by atomic mass is 32.2. The van der Waals surface area contributed by atoms with Gasteiger partial charge in [0.2, 0.25) is 10.0 Å². The molecule has 3 aliphatic rings. The van der Waals surface area contributed by atoms with Crippen LogP contribution < -0.4 is 5.32 Å². The number of hydrogen-bond acceptors (Lipinski definition) is 6. The summed E-state index contributed by atoms with van der Waals surface area (Å²) in [5.41, 5.74) is 0. The number of pyridine rings is 1. The average molecular weight is 423 g/mol. The number of anilines is 1. The van der Waals surface area contributed by atoms with E-state index in [0.717, 1.165) is 64.5 Å². The first-order valence-electron chi connectivity index (χ1n) is 11.2. The molecule has 1 aromatic rings. The van der Waals surface area contributed by atoms with E-state index in [0.29, 0.717) is 23.8 Å². The van der Waals surface area contributed by atoms with Crippen LogP contribution in [0.5, 0.6) is 0 Å². The van der Waals surface area contributed by atoms with Gasteiger partial charge in [0.25, 0.3) is 0 Å². The van der Waals surface area contributed by atoms with Gasteiger partial charge in [-0.05, 0) is 50.7 Å². The van der Waals surface area contributed by atoms with Crippen molar-refractivity contribution in [3.8, 4) is 0 Å². The molecule has 2 aliphatic heterocycles. The Labute approximate surface area is 174 Å². The number of piperidine rings is 2. The maximum Gasteiger partial charge on any atom is 0.246 e. The number of nitrogens with one attached hydrogen (secondary N) is 1. The Morgan fingerprint density at radius 1 is 0.966 bits per heavy atom. The van der Waals surface area contributed by atoms with Crippen molar-refractivity contribution in [1.82, 2.24) is 14.2 Å². The van der Waals surface area contributed by atoms with Gasteiger partial charge in [-0.3, -0.25) is 4.90 Å². The van der Waals surface area contributed by atoms with Gasteiger partial charge in [-0.1, -0.05) is 19.3 Å². The summed E-state index contributed by atoms with van der Waals surface area (Å²) in [5, 5.41) is 13.8. The molecule has 0 aromatic carbocycles. The minimum absolute atomic E-state index is 0.203. The van der Waals surface area contributed by atoms with Crippen molar-refractivity contribution >= 4 is 15.8 Å². The number of aliphatic hydroxyl groups excluding tert-OH is 1. The van der Waals surface area contributed by atoms with Crippen LogP contribution in [-0.4, -0.2) is 72.1 Å². The molecule has 1 aromatic heterocycles. The Kier molecular flexibility index (Phi) is 6.73. The number of nitrogens with zero attached hydrogens (tertiary/aromatic N) is 3. The van der Waals surface area contributed by atoms with E-state index in [9.17, 15) is 13.5 Å². The summed E-state index contributed by atoms with van der Waals surface area (Å²) in [6.45, 7) is 3.05. The second kappa shape index (κ2) is 9.29. The third kappa shape index (κ3) is 4.76. The fourth-order valence-electron chi connectivity index (χ4n) is 5.04. The summed E-state index contributed by atoms with van der Waals surface area (Å²) >= 11 is 0. The van der Waals surface area contributed by atoms with E-state index >= 15 is 0 Å². The molecule has 0 bridgehead atoms. The zero-order chi connectivity index (χ0) is 20.3. The van der Waals surface area contributed by atoms with E-state index < -0.39 is 10.0 Å². The Morgan fingerprint density at radius 2 is 1.69 bits per heavy atom. The van der Waals surface area contributed by atoms with Crippen molar-refractivity contribution in [2.45, 2.75) is 80.9 Å². The number of aliphatic hydroxyl groups is 1. The van der Waals surface area contributed by atoms with Crippen molar-refractivity contribution in [3.63, 3.8) is 0 Å². The fraction of sp³-hybridized carbons (Fsp3) is 0.762. The lowest BCUT2D eigenvalue weighted by atomic mass is 9.89. The Balaban J connectivity index is 1.41. The smallest absolute Gasteiger partial charge is 0.246 e. The minimum atomic E-state index is -3.51. The average Bonchev–Trinajstić information content (AvgIpc) is 2.76. The quantitative estimate of drug-likeness (QED) is 0.758. The molecule has 7 nitrogen and oxygen atoms in total. The Morgan fingerprint density at radius 3 is 2.41 bits per heavy atom. The van der Waals surface area contributed by atoms with Crippen molar-refractivity contribution < 1.29 is 13.5 Å². The van der Waals surface area contributed by atoms with E-state index in [1.165, 1.54) is 6.42 Å². The Hall–Kier alpha value is -1.22. The van der Waals surface area contributed by atoms with Crippen LogP contribution >= 0.6 is 0 Å². The molecule has 0 spiro atoms. The summed E-state index contributed by atoms with van der Waals surface area (Å²) in [4.78, 5) is 7.10. The second-order valence-electron chi connectivity index (χ2n) is 8.69. The topological polar surface area (TPSA) is 85.8 Å². The first-order valence-corrected chi connectivity index (χ1v) is 12.6. The highest BCUT2D eigenvalue weighted by molar-refractivity contribution is 7.89. The van der Waals surface area contributed by atoms with Crippen molar-refractivity contribution in [3.05, 3.63) is 18.3 Å². The van der Waals surface area contributed by atoms with Gasteiger partial charge in [0.05, 0.1) is 6.10 Å². The standard InChI is InChI=1S/C21H34N4O3S/c26-19-8-3-2-7-18(19)24-15-10-17(11-16-24)23-21-20(9-6-12-22-21)29(27,28)25-13-4-1-5-14-25/h6,9,12,17-19,26H,1-5,7-8,10-11,13-16H2,(H,22,23). The van der Waals surface area contributed by atoms with Gasteiger partial charge < -0.3 is 10.4 Å². The number of rotatable bonds is 5. The molecule has 4 rings (SSSR count). The highest BCUT2D eigenvalue weighted by Gasteiger charge is 2.33. The molecule has 162 valence electrons. The van der Waals surface area contributed by atoms with Gasteiger partial charge in [0.15, 0.2) is 0 Å². The number of hydrogen-bond donors (Lipinski definition) is 2. The molecule has 2 saturated heterocycles. The van der Waals surface area contributed by atoms with Gasteiger partial charge in [0, 0.05) is 44.5 Å². The largest absolute Gasteiger partial charge is 0.391 e. The van der Waals surface area contributed by atoms with Crippen LogP contribution in [0, 0.1) is 0 Å². The molecule has 29 heavy (non-hydrogen) atoms. The number of sulfonamides is 1. The van der Waals surface area contributed by atoms with Gasteiger partial charge in [-0.2, -0.15) is 4.31 Å². The van der Waals surface area contributed by atoms with E-state index in [1.807, 2.05) is 0 Å². The number of aromatic nitrogens is 1. The Bertz CT molecular complexity index is 774. The predicted molar refractivity (Wildman–Crippen MR) is 113 cm³/mol. The fourth-order valence-corrected chi connectivity index (χ4v) is 6.66. The van der Waals surface area contributed by atoms with E-state index in [4.69, 9.17) is 0 Å². The zero-order valence-corrected chi connectivity index (χ0v) is 18.0. The van der Waals surface area contributed by atoms with Crippen LogP contribution in [0.4, 0.5) is 5.82 Å². The molecular formula is C21H34N4O3S. The van der Waals surface area contributed by atoms with Crippen molar-refractivity contribution in [1.29, 1.82) is 0 Å². The van der Waals surface area contributed by atoms with Crippen LogP contribution in [0.2, 0.25) is 0 Å². The van der Waals surface area contributed by atoms with Crippen LogP contribution in [0.3, 0.4) is 0 Å². The van der Waals surface area contributed by atoms with Crippen LogP contribution in [0.25, 0.3) is 0 Å². The third-order valence-electron chi connectivity index (χ3n) is 6.74. The first-order chi connectivity index (χ1) is 14.1. The molecule has 3 fully saturated rings. The lowest BCUT2D eigenvalue weighted by molar-refractivity contribution is 0.00991. The first kappa shape index (κ1) is 21.0. The minimum Gasteiger partial charge on any atom is -0.391 e. The highest BCUT2D eigenvalue weighted by Crippen LogP contribution is 2.29. The molecule has 0 amide bonds. The van der Waals surface area contributed by atoms with Gasteiger partial charge in [0.1, 0.15) is 10.7 Å². The van der Waals surface area contributed by atoms with E-state index in [2.05, 4.69) is 15.2 Å². The SMILES string of the molecule is O=S(=O)(c1cccnc1NC1CCN(C2CCCCC2O)CC1)N1CCCCC1. The molecular weight excluding hydrogens is 388 g/mol. The molecule has 2 N–H and O–H groups in total. The molecule has 2 unspecified atom stereocenters. The molecule has 0 radical (unpaired) electrons. The normalized spacial score (nSPS) is 28.3.